The van der Waals surface area contributed by atoms with Gasteiger partial charge >= 0.3 is 0 Å². The van der Waals surface area contributed by atoms with E-state index in [0.29, 0.717) is 28.4 Å². The number of amides is 3. The molecule has 128 valence electrons. The second-order valence-electron chi connectivity index (χ2n) is 5.64. The summed E-state index contributed by atoms with van der Waals surface area (Å²) in [5, 5.41) is 8.14. The molecule has 0 saturated heterocycles. The molecule has 7 nitrogen and oxygen atoms in total. The Bertz CT molecular complexity index is 846. The van der Waals surface area contributed by atoms with E-state index in [1.54, 1.807) is 49.4 Å². The van der Waals surface area contributed by atoms with E-state index in [4.69, 9.17) is 4.74 Å². The van der Waals surface area contributed by atoms with Crippen LogP contribution in [0.5, 0.6) is 5.75 Å². The van der Waals surface area contributed by atoms with E-state index in [-0.39, 0.29) is 17.7 Å². The fourth-order valence-corrected chi connectivity index (χ4v) is 2.44. The van der Waals surface area contributed by atoms with Crippen molar-refractivity contribution in [3.05, 3.63) is 48.0 Å². The van der Waals surface area contributed by atoms with Crippen molar-refractivity contribution in [1.82, 2.24) is 0 Å². The van der Waals surface area contributed by atoms with E-state index >= 15 is 0 Å². The normalized spacial score (nSPS) is 15.4. The van der Waals surface area contributed by atoms with Gasteiger partial charge in [-0.05, 0) is 43.3 Å². The molecule has 3 rings (SSSR count). The number of hydrogen-bond acceptors (Lipinski definition) is 4. The van der Waals surface area contributed by atoms with Gasteiger partial charge in [-0.1, -0.05) is 6.07 Å². The van der Waals surface area contributed by atoms with Crippen molar-refractivity contribution >= 4 is 34.8 Å². The summed E-state index contributed by atoms with van der Waals surface area (Å²) in [7, 11) is 0. The van der Waals surface area contributed by atoms with Crippen LogP contribution in [0.2, 0.25) is 0 Å². The molecule has 1 aliphatic rings. The first-order chi connectivity index (χ1) is 11.9. The maximum absolute atomic E-state index is 12.6. The van der Waals surface area contributed by atoms with E-state index in [1.165, 1.54) is 6.92 Å². The van der Waals surface area contributed by atoms with Crippen LogP contribution >= 0.6 is 0 Å². The van der Waals surface area contributed by atoms with Crippen molar-refractivity contribution in [1.29, 1.82) is 0 Å². The van der Waals surface area contributed by atoms with Crippen LogP contribution in [0, 0.1) is 0 Å². The van der Waals surface area contributed by atoms with Crippen LogP contribution in [0.3, 0.4) is 0 Å². The van der Waals surface area contributed by atoms with Crippen molar-refractivity contribution in [2.24, 2.45) is 0 Å². The SMILES string of the molecule is CC(=O)Nc1ccc(NC(=O)c2cccc3c2OC(C)C(=O)N3)cc1. The summed E-state index contributed by atoms with van der Waals surface area (Å²) < 4.78 is 5.58. The number of hydrogen-bond donors (Lipinski definition) is 3. The number of nitrogens with one attached hydrogen (secondary N) is 3. The number of ether oxygens (including phenoxy) is 1. The van der Waals surface area contributed by atoms with Crippen LogP contribution in [-0.4, -0.2) is 23.8 Å². The van der Waals surface area contributed by atoms with Crippen LogP contribution in [0.1, 0.15) is 24.2 Å². The Hall–Kier alpha value is -3.35. The summed E-state index contributed by atoms with van der Waals surface area (Å²) in [6.45, 7) is 3.04. The van der Waals surface area contributed by atoms with Gasteiger partial charge in [-0.25, -0.2) is 0 Å². The lowest BCUT2D eigenvalue weighted by atomic mass is 10.1. The van der Waals surface area contributed by atoms with Crippen molar-refractivity contribution in [3.8, 4) is 5.75 Å². The molecular weight excluding hydrogens is 322 g/mol. The molecular formula is C18H17N3O4. The van der Waals surface area contributed by atoms with E-state index < -0.39 is 6.10 Å². The zero-order valence-electron chi connectivity index (χ0n) is 13.8. The topological polar surface area (TPSA) is 96.5 Å². The quantitative estimate of drug-likeness (QED) is 0.801. The molecule has 0 saturated carbocycles. The van der Waals surface area contributed by atoms with Crippen molar-refractivity contribution in [2.45, 2.75) is 20.0 Å². The van der Waals surface area contributed by atoms with Gasteiger partial charge in [-0.3, -0.25) is 14.4 Å². The highest BCUT2D eigenvalue weighted by Crippen LogP contribution is 2.33. The van der Waals surface area contributed by atoms with E-state index in [9.17, 15) is 14.4 Å². The van der Waals surface area contributed by atoms with Gasteiger partial charge in [0.05, 0.1) is 11.3 Å². The first kappa shape index (κ1) is 16.5. The molecule has 0 radical (unpaired) electrons. The Balaban J connectivity index is 1.79. The molecule has 0 aromatic heterocycles. The third kappa shape index (κ3) is 3.60. The van der Waals surface area contributed by atoms with Crippen LogP contribution in [0.25, 0.3) is 0 Å². The lowest BCUT2D eigenvalue weighted by Gasteiger charge is -2.25. The van der Waals surface area contributed by atoms with Crippen molar-refractivity contribution < 1.29 is 19.1 Å². The number of carbonyl (C=O) groups excluding carboxylic acids is 3. The van der Waals surface area contributed by atoms with E-state index in [1.807, 2.05) is 0 Å². The Morgan fingerprint density at radius 2 is 1.68 bits per heavy atom. The molecule has 2 aromatic carbocycles. The summed E-state index contributed by atoms with van der Waals surface area (Å²) in [6, 6.07) is 11.7. The predicted octanol–water partition coefficient (Wildman–Crippen LogP) is 2.62. The largest absolute Gasteiger partial charge is 0.478 e. The van der Waals surface area contributed by atoms with Gasteiger partial charge < -0.3 is 20.7 Å². The number of carbonyl (C=O) groups is 3. The second-order valence-corrected chi connectivity index (χ2v) is 5.64. The van der Waals surface area contributed by atoms with Gasteiger partial charge in [0.1, 0.15) is 0 Å². The molecule has 1 heterocycles. The van der Waals surface area contributed by atoms with Gasteiger partial charge in [0.15, 0.2) is 11.9 Å². The van der Waals surface area contributed by atoms with Gasteiger partial charge in [0.25, 0.3) is 11.8 Å². The first-order valence-corrected chi connectivity index (χ1v) is 7.73. The van der Waals surface area contributed by atoms with Crippen LogP contribution in [0.4, 0.5) is 17.1 Å². The zero-order chi connectivity index (χ0) is 18.0. The van der Waals surface area contributed by atoms with E-state index in [2.05, 4.69) is 16.0 Å². The maximum Gasteiger partial charge on any atom is 0.265 e. The molecule has 7 heteroatoms. The summed E-state index contributed by atoms with van der Waals surface area (Å²) >= 11 is 0. The number of anilines is 3. The average Bonchev–Trinajstić information content (AvgIpc) is 2.56. The van der Waals surface area contributed by atoms with Crippen LogP contribution < -0.4 is 20.7 Å². The molecule has 0 aliphatic carbocycles. The third-order valence-corrected chi connectivity index (χ3v) is 3.64. The minimum atomic E-state index is -0.668. The Morgan fingerprint density at radius 1 is 1.04 bits per heavy atom. The monoisotopic (exact) mass is 339 g/mol. The molecule has 3 amide bonds. The summed E-state index contributed by atoms with van der Waals surface area (Å²) in [4.78, 5) is 35.3. The highest BCUT2D eigenvalue weighted by Gasteiger charge is 2.27. The van der Waals surface area contributed by atoms with Crippen LogP contribution in [0.15, 0.2) is 42.5 Å². The van der Waals surface area contributed by atoms with E-state index in [0.717, 1.165) is 0 Å². The Labute approximate surface area is 144 Å². The Morgan fingerprint density at radius 3 is 2.32 bits per heavy atom. The van der Waals surface area contributed by atoms with Crippen molar-refractivity contribution in [3.63, 3.8) is 0 Å². The lowest BCUT2D eigenvalue weighted by Crippen LogP contribution is -2.35. The molecule has 3 N–H and O–H groups in total. The number of para-hydroxylation sites is 1. The average molecular weight is 339 g/mol. The molecule has 1 unspecified atom stereocenters. The number of rotatable bonds is 3. The summed E-state index contributed by atoms with van der Waals surface area (Å²) in [5.74, 6) is -0.422. The molecule has 0 spiro atoms. The minimum Gasteiger partial charge on any atom is -0.478 e. The van der Waals surface area contributed by atoms with Gasteiger partial charge in [-0.15, -0.1) is 0 Å². The number of fused-ring (bicyclic) bond motifs is 1. The molecule has 25 heavy (non-hydrogen) atoms. The zero-order valence-corrected chi connectivity index (χ0v) is 13.8. The van der Waals surface area contributed by atoms with Crippen molar-refractivity contribution in [2.75, 3.05) is 16.0 Å². The maximum atomic E-state index is 12.6. The van der Waals surface area contributed by atoms with Gasteiger partial charge in [-0.2, -0.15) is 0 Å². The highest BCUT2D eigenvalue weighted by atomic mass is 16.5. The van der Waals surface area contributed by atoms with Gasteiger partial charge in [0, 0.05) is 18.3 Å². The highest BCUT2D eigenvalue weighted by molar-refractivity contribution is 6.09. The molecule has 1 aliphatic heterocycles. The fraction of sp³-hybridized carbons (Fsp3) is 0.167. The Kier molecular flexibility index (Phi) is 4.38. The molecule has 0 fully saturated rings. The predicted molar refractivity (Wildman–Crippen MR) is 93.9 cm³/mol. The standard InChI is InChI=1S/C18H17N3O4/c1-10-17(23)21-15-5-3-4-14(16(15)25-10)18(24)20-13-8-6-12(7-9-13)19-11(2)22/h3-10H,1-2H3,(H,19,22)(H,20,24)(H,21,23). The minimum absolute atomic E-state index is 0.166. The molecule has 1 atom stereocenters. The van der Waals surface area contributed by atoms with Crippen LogP contribution in [-0.2, 0) is 9.59 Å². The second kappa shape index (κ2) is 6.64. The number of benzene rings is 2. The molecule has 2 aromatic rings. The first-order valence-electron chi connectivity index (χ1n) is 7.73. The summed E-state index contributed by atoms with van der Waals surface area (Å²) in [5.41, 5.74) is 2.01. The van der Waals surface area contributed by atoms with Gasteiger partial charge in [0.2, 0.25) is 5.91 Å². The fourth-order valence-electron chi connectivity index (χ4n) is 2.44. The summed E-state index contributed by atoms with van der Waals surface area (Å²) in [6.07, 6.45) is -0.668. The smallest absolute Gasteiger partial charge is 0.265 e. The molecule has 0 bridgehead atoms. The lowest BCUT2D eigenvalue weighted by molar-refractivity contribution is -0.122. The third-order valence-electron chi connectivity index (χ3n) is 3.64.